The molecule has 1 heterocycles. The van der Waals surface area contributed by atoms with Gasteiger partial charge in [0.2, 0.25) is 5.91 Å². The highest BCUT2D eigenvalue weighted by Crippen LogP contribution is 2.22. The van der Waals surface area contributed by atoms with E-state index in [1.54, 1.807) is 6.26 Å². The Kier molecular flexibility index (Phi) is 6.97. The summed E-state index contributed by atoms with van der Waals surface area (Å²) in [4.78, 5) is 12.1. The molecule has 1 fully saturated rings. The van der Waals surface area contributed by atoms with Crippen LogP contribution in [-0.4, -0.2) is 24.7 Å². The molecule has 0 aromatic carbocycles. The van der Waals surface area contributed by atoms with E-state index in [0.717, 1.165) is 31.6 Å². The normalized spacial score (nSPS) is 22.0. The lowest BCUT2D eigenvalue weighted by molar-refractivity contribution is -0.123. The van der Waals surface area contributed by atoms with Crippen LogP contribution >= 0.6 is 0 Å². The van der Waals surface area contributed by atoms with E-state index in [2.05, 4.69) is 19.2 Å². The van der Waals surface area contributed by atoms with Crippen LogP contribution in [0.25, 0.3) is 0 Å². The quantitative estimate of drug-likeness (QED) is 0.796. The molecule has 1 aromatic heterocycles. The van der Waals surface area contributed by atoms with E-state index in [9.17, 15) is 4.79 Å². The van der Waals surface area contributed by atoms with Crippen molar-refractivity contribution in [3.8, 4) is 0 Å². The number of ether oxygens (including phenoxy) is 1. The fourth-order valence-corrected chi connectivity index (χ4v) is 2.89. The summed E-state index contributed by atoms with van der Waals surface area (Å²) < 4.78 is 11.3. The summed E-state index contributed by atoms with van der Waals surface area (Å²) in [5.41, 5.74) is 0. The molecule has 0 aliphatic heterocycles. The van der Waals surface area contributed by atoms with Crippen LogP contribution in [0.1, 0.15) is 58.1 Å². The Morgan fingerprint density at radius 1 is 1.41 bits per heavy atom. The Bertz CT molecular complexity index is 428. The number of carbonyl (C=O) groups is 1. The van der Waals surface area contributed by atoms with Crippen molar-refractivity contribution in [3.05, 3.63) is 24.2 Å². The molecule has 1 aliphatic carbocycles. The minimum absolute atomic E-state index is 0.0979. The van der Waals surface area contributed by atoms with Crippen LogP contribution in [0.3, 0.4) is 0 Å². The van der Waals surface area contributed by atoms with Crippen molar-refractivity contribution in [2.45, 2.75) is 70.9 Å². The first-order valence-corrected chi connectivity index (χ1v) is 8.58. The lowest BCUT2D eigenvalue weighted by Gasteiger charge is -2.32. The van der Waals surface area contributed by atoms with Gasteiger partial charge in [-0.2, -0.15) is 0 Å². The second-order valence-corrected chi connectivity index (χ2v) is 6.63. The highest BCUT2D eigenvalue weighted by atomic mass is 16.5. The summed E-state index contributed by atoms with van der Waals surface area (Å²) in [6, 6.07) is 3.93. The molecule has 0 saturated heterocycles. The minimum atomic E-state index is 0.0979. The van der Waals surface area contributed by atoms with Gasteiger partial charge in [-0.15, -0.1) is 0 Å². The zero-order valence-electron chi connectivity index (χ0n) is 13.8. The lowest BCUT2D eigenvalue weighted by Crippen LogP contribution is -2.46. The second kappa shape index (κ2) is 8.99. The van der Waals surface area contributed by atoms with Crippen LogP contribution in [0.4, 0.5) is 0 Å². The predicted molar refractivity (Wildman–Crippen MR) is 86.6 cm³/mol. The number of hydrogen-bond donors (Lipinski definition) is 1. The maximum absolute atomic E-state index is 12.1. The van der Waals surface area contributed by atoms with Gasteiger partial charge in [-0.25, -0.2) is 0 Å². The van der Waals surface area contributed by atoms with Crippen molar-refractivity contribution < 1.29 is 13.9 Å². The first-order chi connectivity index (χ1) is 10.6. The third-order valence-corrected chi connectivity index (χ3v) is 4.25. The predicted octanol–water partition coefficient (Wildman–Crippen LogP) is 3.70. The molecule has 0 spiro atoms. The molecule has 1 saturated carbocycles. The minimum Gasteiger partial charge on any atom is -0.469 e. The number of amides is 1. The molecule has 2 rings (SSSR count). The average Bonchev–Trinajstić information content (AvgIpc) is 3.00. The van der Waals surface area contributed by atoms with E-state index in [0.29, 0.717) is 18.8 Å². The first kappa shape index (κ1) is 17.1. The van der Waals surface area contributed by atoms with Gasteiger partial charge in [0.25, 0.3) is 0 Å². The number of carbonyl (C=O) groups excluding carboxylic acids is 1. The van der Waals surface area contributed by atoms with Crippen LogP contribution in [0, 0.1) is 5.92 Å². The van der Waals surface area contributed by atoms with Gasteiger partial charge >= 0.3 is 0 Å². The van der Waals surface area contributed by atoms with Gasteiger partial charge in [-0.3, -0.25) is 4.79 Å². The Morgan fingerprint density at radius 3 is 2.95 bits per heavy atom. The smallest absolute Gasteiger partial charge is 0.220 e. The summed E-state index contributed by atoms with van der Waals surface area (Å²) in [7, 11) is 0. The molecule has 0 bridgehead atoms. The molecule has 4 nitrogen and oxygen atoms in total. The van der Waals surface area contributed by atoms with Gasteiger partial charge in [-0.05, 0) is 37.3 Å². The summed E-state index contributed by atoms with van der Waals surface area (Å²) in [6.07, 6.45) is 8.49. The van der Waals surface area contributed by atoms with Crippen LogP contribution in [0.2, 0.25) is 0 Å². The standard InChI is InChI=1S/C18H29NO3/c1-14(2)11-13-22-17-8-4-3-7-16(17)19-18(20)10-9-15-6-5-12-21-15/h5-6,12,14,16-17H,3-4,7-11,13H2,1-2H3,(H,19,20)/t16-,17-/m1/s1. The SMILES string of the molecule is CC(C)CCO[C@@H]1CCCC[C@H]1NC(=O)CCc1ccco1. The highest BCUT2D eigenvalue weighted by Gasteiger charge is 2.27. The average molecular weight is 307 g/mol. The van der Waals surface area contributed by atoms with Gasteiger partial charge in [0.1, 0.15) is 5.76 Å². The van der Waals surface area contributed by atoms with Crippen LogP contribution in [-0.2, 0) is 16.0 Å². The molecule has 124 valence electrons. The van der Waals surface area contributed by atoms with Crippen molar-refractivity contribution in [3.63, 3.8) is 0 Å². The third kappa shape index (κ3) is 5.84. The van der Waals surface area contributed by atoms with Crippen molar-refractivity contribution in [1.82, 2.24) is 5.32 Å². The Balaban J connectivity index is 1.73. The number of hydrogen-bond acceptors (Lipinski definition) is 3. The summed E-state index contributed by atoms with van der Waals surface area (Å²) in [5, 5.41) is 3.16. The van der Waals surface area contributed by atoms with E-state index in [-0.39, 0.29) is 18.1 Å². The zero-order chi connectivity index (χ0) is 15.8. The van der Waals surface area contributed by atoms with Gasteiger partial charge in [-0.1, -0.05) is 26.7 Å². The molecular formula is C18H29NO3. The van der Waals surface area contributed by atoms with Crippen molar-refractivity contribution >= 4 is 5.91 Å². The van der Waals surface area contributed by atoms with E-state index in [1.165, 1.54) is 12.8 Å². The van der Waals surface area contributed by atoms with Gasteiger partial charge in [0, 0.05) is 19.4 Å². The fraction of sp³-hybridized carbons (Fsp3) is 0.722. The molecule has 4 heteroatoms. The maximum Gasteiger partial charge on any atom is 0.220 e. The van der Waals surface area contributed by atoms with Gasteiger partial charge in [0.15, 0.2) is 0 Å². The Hall–Kier alpha value is -1.29. The summed E-state index contributed by atoms with van der Waals surface area (Å²) in [6.45, 7) is 5.21. The van der Waals surface area contributed by atoms with Gasteiger partial charge in [0.05, 0.1) is 18.4 Å². The monoisotopic (exact) mass is 307 g/mol. The first-order valence-electron chi connectivity index (χ1n) is 8.58. The highest BCUT2D eigenvalue weighted by molar-refractivity contribution is 5.76. The lowest BCUT2D eigenvalue weighted by atomic mass is 9.92. The Morgan fingerprint density at radius 2 is 2.23 bits per heavy atom. The van der Waals surface area contributed by atoms with Crippen molar-refractivity contribution in [1.29, 1.82) is 0 Å². The second-order valence-electron chi connectivity index (χ2n) is 6.63. The summed E-state index contributed by atoms with van der Waals surface area (Å²) in [5.74, 6) is 1.62. The molecule has 0 unspecified atom stereocenters. The Labute approximate surface area is 133 Å². The van der Waals surface area contributed by atoms with Crippen LogP contribution in [0.15, 0.2) is 22.8 Å². The van der Waals surface area contributed by atoms with Crippen LogP contribution < -0.4 is 5.32 Å². The number of rotatable bonds is 8. The molecule has 22 heavy (non-hydrogen) atoms. The van der Waals surface area contributed by atoms with Gasteiger partial charge < -0.3 is 14.5 Å². The van der Waals surface area contributed by atoms with Crippen molar-refractivity contribution in [2.24, 2.45) is 5.92 Å². The van der Waals surface area contributed by atoms with Crippen LogP contribution in [0.5, 0.6) is 0 Å². The largest absolute Gasteiger partial charge is 0.469 e. The molecule has 1 N–H and O–H groups in total. The van der Waals surface area contributed by atoms with E-state index < -0.39 is 0 Å². The fourth-order valence-electron chi connectivity index (χ4n) is 2.89. The number of nitrogens with one attached hydrogen (secondary N) is 1. The molecule has 0 radical (unpaired) electrons. The molecule has 1 aliphatic rings. The van der Waals surface area contributed by atoms with E-state index in [1.807, 2.05) is 12.1 Å². The van der Waals surface area contributed by atoms with E-state index in [4.69, 9.17) is 9.15 Å². The van der Waals surface area contributed by atoms with E-state index >= 15 is 0 Å². The zero-order valence-corrected chi connectivity index (χ0v) is 13.8. The topological polar surface area (TPSA) is 51.5 Å². The third-order valence-electron chi connectivity index (χ3n) is 4.25. The molecule has 1 amide bonds. The number of furan rings is 1. The molecule has 2 atom stereocenters. The maximum atomic E-state index is 12.1. The summed E-state index contributed by atoms with van der Waals surface area (Å²) >= 11 is 0. The number of aryl methyl sites for hydroxylation is 1. The molecule has 1 aromatic rings. The van der Waals surface area contributed by atoms with Crippen molar-refractivity contribution in [2.75, 3.05) is 6.61 Å². The molecular weight excluding hydrogens is 278 g/mol.